The van der Waals surface area contributed by atoms with Crippen LogP contribution in [-0.2, 0) is 0 Å². The molecule has 0 saturated carbocycles. The zero-order valence-electron chi connectivity index (χ0n) is 12.9. The third-order valence-corrected chi connectivity index (χ3v) is 3.67. The molecule has 0 saturated heterocycles. The van der Waals surface area contributed by atoms with Gasteiger partial charge in [0.05, 0.1) is 17.3 Å². The molecule has 0 radical (unpaired) electrons. The second-order valence-electron chi connectivity index (χ2n) is 4.50. The highest BCUT2D eigenvalue weighted by atomic mass is 79.9. The van der Waals surface area contributed by atoms with E-state index in [2.05, 4.69) is 37.8 Å². The Morgan fingerprint density at radius 1 is 1.48 bits per heavy atom. The molecular weight excluding hydrogens is 380 g/mol. The number of nitrogens with zero attached hydrogens (tertiary/aromatic N) is 3. The van der Waals surface area contributed by atoms with E-state index in [1.807, 2.05) is 26.0 Å². The average Bonchev–Trinajstić information content (AvgIpc) is 2.83. The molecule has 0 fully saturated rings. The van der Waals surface area contributed by atoms with Gasteiger partial charge in [0.15, 0.2) is 11.5 Å². The maximum Gasteiger partial charge on any atom is 0.216 e. The van der Waals surface area contributed by atoms with Crippen LogP contribution in [-0.4, -0.2) is 34.3 Å². The van der Waals surface area contributed by atoms with Gasteiger partial charge < -0.3 is 9.47 Å². The molecule has 6 nitrogen and oxygen atoms in total. The van der Waals surface area contributed by atoms with Crippen molar-refractivity contribution >= 4 is 34.4 Å². The van der Waals surface area contributed by atoms with Crippen molar-refractivity contribution in [2.45, 2.75) is 13.8 Å². The maximum absolute atomic E-state index is 5.64. The summed E-state index contributed by atoms with van der Waals surface area (Å²) in [6, 6.07) is 3.75. The Morgan fingerprint density at radius 3 is 2.87 bits per heavy atom. The minimum absolute atomic E-state index is 0.398. The van der Waals surface area contributed by atoms with Crippen LogP contribution in [0.15, 0.2) is 34.4 Å². The van der Waals surface area contributed by atoms with E-state index in [0.717, 1.165) is 10.0 Å². The number of aromatic amines is 1. The highest BCUT2D eigenvalue weighted by Gasteiger charge is 2.11. The van der Waals surface area contributed by atoms with Gasteiger partial charge in [-0.1, -0.05) is 12.7 Å². The van der Waals surface area contributed by atoms with Gasteiger partial charge in [-0.2, -0.15) is 14.9 Å². The van der Waals surface area contributed by atoms with Gasteiger partial charge in [-0.15, -0.1) is 0 Å². The fraction of sp³-hybridized carbons (Fsp3) is 0.267. The number of rotatable bonds is 7. The molecule has 0 bridgehead atoms. The second-order valence-corrected chi connectivity index (χ2v) is 5.74. The number of aromatic nitrogens is 3. The highest BCUT2D eigenvalue weighted by molar-refractivity contribution is 9.10. The summed E-state index contributed by atoms with van der Waals surface area (Å²) in [5.41, 5.74) is 0.841. The Kier molecular flexibility index (Phi) is 6.12. The van der Waals surface area contributed by atoms with Crippen LogP contribution in [0.5, 0.6) is 11.5 Å². The molecule has 2 rings (SSSR count). The van der Waals surface area contributed by atoms with Gasteiger partial charge in [-0.25, -0.2) is 0 Å². The monoisotopic (exact) mass is 396 g/mol. The largest absolute Gasteiger partial charge is 0.490 e. The molecule has 0 aliphatic carbocycles. The Labute approximate surface area is 147 Å². The van der Waals surface area contributed by atoms with Crippen LogP contribution in [0.25, 0.3) is 0 Å². The number of ether oxygens (including phenoxy) is 2. The lowest BCUT2D eigenvalue weighted by atomic mass is 10.2. The Morgan fingerprint density at radius 2 is 2.26 bits per heavy atom. The van der Waals surface area contributed by atoms with Crippen LogP contribution in [0.2, 0.25) is 0 Å². The number of hydrogen-bond acceptors (Lipinski definition) is 5. The summed E-state index contributed by atoms with van der Waals surface area (Å²) >= 11 is 8.62. The molecule has 1 N–H and O–H groups in total. The van der Waals surface area contributed by atoms with Crippen molar-refractivity contribution in [3.05, 3.63) is 45.4 Å². The smallest absolute Gasteiger partial charge is 0.216 e. The van der Waals surface area contributed by atoms with Gasteiger partial charge in [-0.05, 0) is 59.7 Å². The van der Waals surface area contributed by atoms with Gasteiger partial charge >= 0.3 is 0 Å². The first kappa shape index (κ1) is 17.4. The molecule has 1 aromatic heterocycles. The minimum atomic E-state index is 0.398. The summed E-state index contributed by atoms with van der Waals surface area (Å²) in [6.45, 7) is 8.31. The molecule has 0 aliphatic rings. The quantitative estimate of drug-likeness (QED) is 0.438. The third-order valence-electron chi connectivity index (χ3n) is 2.81. The van der Waals surface area contributed by atoms with E-state index in [1.54, 1.807) is 17.0 Å². The lowest BCUT2D eigenvalue weighted by Gasteiger charge is -2.13. The second kappa shape index (κ2) is 8.07. The summed E-state index contributed by atoms with van der Waals surface area (Å²) in [6.07, 6.45) is 3.36. The van der Waals surface area contributed by atoms with Crippen molar-refractivity contribution in [3.63, 3.8) is 0 Å². The molecule has 8 heteroatoms. The van der Waals surface area contributed by atoms with Crippen molar-refractivity contribution in [3.8, 4) is 11.5 Å². The van der Waals surface area contributed by atoms with Crippen molar-refractivity contribution in [1.82, 2.24) is 14.9 Å². The molecule has 23 heavy (non-hydrogen) atoms. The van der Waals surface area contributed by atoms with Crippen molar-refractivity contribution < 1.29 is 9.47 Å². The SMILES string of the molecule is C=CCOc1c(Br)cc(/C=N\n2c(C)n[nH]c2=S)cc1OCC. The first-order chi connectivity index (χ1) is 11.1. The number of aryl methyl sites for hydroxylation is 1. The molecule has 1 heterocycles. The predicted molar refractivity (Wildman–Crippen MR) is 96.1 cm³/mol. The van der Waals surface area contributed by atoms with Gasteiger partial charge in [0.25, 0.3) is 0 Å². The Bertz CT molecular complexity index is 782. The number of hydrogen-bond donors (Lipinski definition) is 1. The van der Waals surface area contributed by atoms with Gasteiger partial charge in [0.2, 0.25) is 4.77 Å². The molecule has 0 spiro atoms. The molecule has 0 aliphatic heterocycles. The zero-order chi connectivity index (χ0) is 16.8. The molecule has 0 unspecified atom stereocenters. The normalized spacial score (nSPS) is 10.9. The first-order valence-corrected chi connectivity index (χ1v) is 8.15. The average molecular weight is 397 g/mol. The van der Waals surface area contributed by atoms with Crippen LogP contribution in [0.1, 0.15) is 18.3 Å². The van der Waals surface area contributed by atoms with Crippen molar-refractivity contribution in [1.29, 1.82) is 0 Å². The van der Waals surface area contributed by atoms with Gasteiger partial charge in [0, 0.05) is 0 Å². The van der Waals surface area contributed by atoms with E-state index in [4.69, 9.17) is 21.7 Å². The van der Waals surface area contributed by atoms with Crippen LogP contribution in [0, 0.1) is 11.7 Å². The van der Waals surface area contributed by atoms with E-state index in [-0.39, 0.29) is 0 Å². The predicted octanol–water partition coefficient (Wildman–Crippen LogP) is 3.86. The van der Waals surface area contributed by atoms with Gasteiger partial charge in [-0.3, -0.25) is 5.10 Å². The lowest BCUT2D eigenvalue weighted by Crippen LogP contribution is -2.01. The van der Waals surface area contributed by atoms with Crippen molar-refractivity contribution in [2.75, 3.05) is 13.2 Å². The zero-order valence-corrected chi connectivity index (χ0v) is 15.3. The van der Waals surface area contributed by atoms with E-state index < -0.39 is 0 Å². The fourth-order valence-electron chi connectivity index (χ4n) is 1.84. The van der Waals surface area contributed by atoms with Crippen molar-refractivity contribution in [2.24, 2.45) is 5.10 Å². The number of H-pyrrole nitrogens is 1. The first-order valence-electron chi connectivity index (χ1n) is 6.95. The van der Waals surface area contributed by atoms with E-state index in [1.165, 1.54) is 0 Å². The molecule has 1 aromatic carbocycles. The van der Waals surface area contributed by atoms with Crippen LogP contribution < -0.4 is 9.47 Å². The Balaban J connectivity index is 2.36. The van der Waals surface area contributed by atoms with Crippen LogP contribution >= 0.6 is 28.1 Å². The number of benzene rings is 1. The topological polar surface area (TPSA) is 64.4 Å². The highest BCUT2D eigenvalue weighted by Crippen LogP contribution is 2.36. The van der Waals surface area contributed by atoms with E-state index >= 15 is 0 Å². The van der Waals surface area contributed by atoms with E-state index in [0.29, 0.717) is 35.3 Å². The summed E-state index contributed by atoms with van der Waals surface area (Å²) < 4.78 is 14.0. The van der Waals surface area contributed by atoms with Crippen LogP contribution in [0.3, 0.4) is 0 Å². The number of nitrogens with one attached hydrogen (secondary N) is 1. The standard InChI is InChI=1S/C15H17BrN4O2S/c1-4-6-22-14-12(16)7-11(8-13(14)21-5-2)9-17-20-10(3)18-19-15(20)23/h4,7-9H,1,5-6H2,2-3H3,(H,19,23)/b17-9-. The Hall–Kier alpha value is -1.93. The molecule has 2 aromatic rings. The third kappa shape index (κ3) is 4.29. The summed E-state index contributed by atoms with van der Waals surface area (Å²) in [4.78, 5) is 0. The minimum Gasteiger partial charge on any atom is -0.490 e. The van der Waals surface area contributed by atoms with Gasteiger partial charge in [0.1, 0.15) is 12.4 Å². The summed E-state index contributed by atoms with van der Waals surface area (Å²) in [7, 11) is 0. The molecule has 0 atom stereocenters. The maximum atomic E-state index is 5.64. The lowest BCUT2D eigenvalue weighted by molar-refractivity contribution is 0.295. The molecular formula is C15H17BrN4O2S. The molecule has 122 valence electrons. The number of halogens is 1. The molecule has 0 amide bonds. The summed E-state index contributed by atoms with van der Waals surface area (Å²) in [5.74, 6) is 1.96. The summed E-state index contributed by atoms with van der Waals surface area (Å²) in [5, 5.41) is 11.0. The van der Waals surface area contributed by atoms with Crippen LogP contribution in [0.4, 0.5) is 0 Å². The van der Waals surface area contributed by atoms with E-state index in [9.17, 15) is 0 Å². The fourth-order valence-corrected chi connectivity index (χ4v) is 2.64.